The molecule has 1 nitrogen and oxygen atoms in total. The maximum atomic E-state index is 5.69. The summed E-state index contributed by atoms with van der Waals surface area (Å²) in [5.41, 5.74) is 2.83. The molecule has 0 amide bonds. The summed E-state index contributed by atoms with van der Waals surface area (Å²) in [6, 6.07) is 9.16. The standard InChI is InChI=1S/C21H32O/c1-3-5-7-18-8-12-20(13-9-18)21-14-10-19(11-15-21)17-22-16-6-4-2/h3,10-11,14-15,18,20H,1,4-9,12-13,16-17H2,2H3. The van der Waals surface area contributed by atoms with E-state index in [4.69, 9.17) is 4.74 Å². The molecule has 122 valence electrons. The van der Waals surface area contributed by atoms with Gasteiger partial charge in [-0.25, -0.2) is 0 Å². The Morgan fingerprint density at radius 3 is 2.50 bits per heavy atom. The molecule has 2 rings (SSSR count). The van der Waals surface area contributed by atoms with Gasteiger partial charge >= 0.3 is 0 Å². The summed E-state index contributed by atoms with van der Waals surface area (Å²) in [5.74, 6) is 1.70. The van der Waals surface area contributed by atoms with Crippen LogP contribution in [0.4, 0.5) is 0 Å². The molecule has 0 bridgehead atoms. The molecule has 1 aromatic rings. The Hall–Kier alpha value is -1.08. The number of unbranched alkanes of at least 4 members (excludes halogenated alkanes) is 1. The van der Waals surface area contributed by atoms with Gasteiger partial charge in [-0.15, -0.1) is 6.58 Å². The molecule has 1 saturated carbocycles. The van der Waals surface area contributed by atoms with Crippen molar-refractivity contribution < 1.29 is 4.74 Å². The van der Waals surface area contributed by atoms with Crippen LogP contribution in [0.5, 0.6) is 0 Å². The van der Waals surface area contributed by atoms with E-state index in [-0.39, 0.29) is 0 Å². The van der Waals surface area contributed by atoms with Gasteiger partial charge in [0.05, 0.1) is 6.61 Å². The molecular formula is C21H32O. The third-order valence-electron chi connectivity index (χ3n) is 4.99. The van der Waals surface area contributed by atoms with Crippen LogP contribution >= 0.6 is 0 Å². The molecule has 0 radical (unpaired) electrons. The smallest absolute Gasteiger partial charge is 0.0716 e. The molecule has 0 aromatic heterocycles. The van der Waals surface area contributed by atoms with Gasteiger partial charge in [-0.2, -0.15) is 0 Å². The van der Waals surface area contributed by atoms with Crippen molar-refractivity contribution in [3.8, 4) is 0 Å². The highest BCUT2D eigenvalue weighted by Gasteiger charge is 2.21. The third kappa shape index (κ3) is 5.61. The minimum atomic E-state index is 0.759. The van der Waals surface area contributed by atoms with Crippen LogP contribution < -0.4 is 0 Å². The fourth-order valence-corrected chi connectivity index (χ4v) is 3.46. The van der Waals surface area contributed by atoms with E-state index in [1.54, 1.807) is 0 Å². The van der Waals surface area contributed by atoms with Crippen molar-refractivity contribution in [2.45, 2.75) is 70.8 Å². The number of hydrogen-bond acceptors (Lipinski definition) is 1. The summed E-state index contributed by atoms with van der Waals surface area (Å²) in [5, 5.41) is 0. The Labute approximate surface area is 136 Å². The summed E-state index contributed by atoms with van der Waals surface area (Å²) in [4.78, 5) is 0. The molecule has 0 spiro atoms. The average Bonchev–Trinajstić information content (AvgIpc) is 2.58. The highest BCUT2D eigenvalue weighted by molar-refractivity contribution is 5.25. The van der Waals surface area contributed by atoms with Crippen molar-refractivity contribution >= 4 is 0 Å². The SMILES string of the molecule is C=CCCC1CCC(c2ccc(COCCCC)cc2)CC1. The number of allylic oxidation sites excluding steroid dienone is 1. The topological polar surface area (TPSA) is 9.23 Å². The summed E-state index contributed by atoms with van der Waals surface area (Å²) in [7, 11) is 0. The minimum Gasteiger partial charge on any atom is -0.377 e. The molecule has 1 aliphatic carbocycles. The zero-order chi connectivity index (χ0) is 15.6. The molecule has 0 atom stereocenters. The van der Waals surface area contributed by atoms with Gasteiger partial charge in [0, 0.05) is 6.61 Å². The van der Waals surface area contributed by atoms with Crippen LogP contribution in [-0.4, -0.2) is 6.61 Å². The largest absolute Gasteiger partial charge is 0.377 e. The third-order valence-corrected chi connectivity index (χ3v) is 4.99. The van der Waals surface area contributed by atoms with Gasteiger partial charge in [-0.05, 0) is 67.9 Å². The summed E-state index contributed by atoms with van der Waals surface area (Å²) < 4.78 is 5.69. The molecule has 0 aliphatic heterocycles. The lowest BCUT2D eigenvalue weighted by molar-refractivity contribution is 0.118. The predicted molar refractivity (Wildman–Crippen MR) is 95.1 cm³/mol. The number of benzene rings is 1. The second-order valence-electron chi connectivity index (χ2n) is 6.73. The minimum absolute atomic E-state index is 0.759. The average molecular weight is 300 g/mol. The normalized spacial score (nSPS) is 21.7. The lowest BCUT2D eigenvalue weighted by Gasteiger charge is -2.28. The van der Waals surface area contributed by atoms with Gasteiger partial charge in [-0.1, -0.05) is 43.7 Å². The summed E-state index contributed by atoms with van der Waals surface area (Å²) in [6.07, 6.45) is 12.4. The Morgan fingerprint density at radius 2 is 1.86 bits per heavy atom. The van der Waals surface area contributed by atoms with E-state index >= 15 is 0 Å². The number of ether oxygens (including phenoxy) is 1. The Balaban J connectivity index is 1.75. The first-order chi connectivity index (χ1) is 10.8. The van der Waals surface area contributed by atoms with E-state index < -0.39 is 0 Å². The molecule has 0 heterocycles. The van der Waals surface area contributed by atoms with E-state index in [9.17, 15) is 0 Å². The molecule has 1 fully saturated rings. The van der Waals surface area contributed by atoms with Crippen molar-refractivity contribution in [3.05, 3.63) is 48.0 Å². The fraction of sp³-hybridized carbons (Fsp3) is 0.619. The van der Waals surface area contributed by atoms with Crippen LogP contribution in [0.15, 0.2) is 36.9 Å². The fourth-order valence-electron chi connectivity index (χ4n) is 3.46. The molecule has 1 heteroatoms. The van der Waals surface area contributed by atoms with Crippen molar-refractivity contribution in [2.24, 2.45) is 5.92 Å². The molecule has 0 N–H and O–H groups in total. The van der Waals surface area contributed by atoms with E-state index in [1.165, 1.54) is 56.1 Å². The van der Waals surface area contributed by atoms with E-state index in [0.29, 0.717) is 0 Å². The zero-order valence-electron chi connectivity index (χ0n) is 14.2. The van der Waals surface area contributed by atoms with Crippen molar-refractivity contribution in [3.63, 3.8) is 0 Å². The molecule has 0 saturated heterocycles. The van der Waals surface area contributed by atoms with Gasteiger partial charge in [0.2, 0.25) is 0 Å². The second kappa shape index (κ2) is 9.84. The lowest BCUT2D eigenvalue weighted by Crippen LogP contribution is -2.13. The Kier molecular flexibility index (Phi) is 7.73. The van der Waals surface area contributed by atoms with Crippen molar-refractivity contribution in [1.29, 1.82) is 0 Å². The van der Waals surface area contributed by atoms with Crippen LogP contribution in [0.2, 0.25) is 0 Å². The van der Waals surface area contributed by atoms with E-state index in [0.717, 1.165) is 31.5 Å². The Bertz CT molecular complexity index is 412. The van der Waals surface area contributed by atoms with Crippen molar-refractivity contribution in [1.82, 2.24) is 0 Å². The predicted octanol–water partition coefficient (Wildman–Crippen LogP) is 6.24. The highest BCUT2D eigenvalue weighted by Crippen LogP contribution is 2.37. The van der Waals surface area contributed by atoms with Crippen LogP contribution in [0.3, 0.4) is 0 Å². The van der Waals surface area contributed by atoms with Gasteiger partial charge < -0.3 is 4.74 Å². The molecule has 0 unspecified atom stereocenters. The van der Waals surface area contributed by atoms with E-state index in [1.807, 2.05) is 0 Å². The van der Waals surface area contributed by atoms with Gasteiger partial charge in [0.1, 0.15) is 0 Å². The summed E-state index contributed by atoms with van der Waals surface area (Å²) in [6.45, 7) is 7.68. The van der Waals surface area contributed by atoms with Crippen LogP contribution in [-0.2, 0) is 11.3 Å². The number of rotatable bonds is 9. The first-order valence-corrected chi connectivity index (χ1v) is 9.11. The van der Waals surface area contributed by atoms with Crippen molar-refractivity contribution in [2.75, 3.05) is 6.61 Å². The molecule has 1 aromatic carbocycles. The molecule has 1 aliphatic rings. The molecular weight excluding hydrogens is 268 g/mol. The summed E-state index contributed by atoms with van der Waals surface area (Å²) >= 11 is 0. The number of hydrogen-bond donors (Lipinski definition) is 0. The van der Waals surface area contributed by atoms with Crippen LogP contribution in [0.1, 0.15) is 75.3 Å². The van der Waals surface area contributed by atoms with Crippen LogP contribution in [0.25, 0.3) is 0 Å². The quantitative estimate of drug-likeness (QED) is 0.387. The van der Waals surface area contributed by atoms with Gasteiger partial charge in [-0.3, -0.25) is 0 Å². The first-order valence-electron chi connectivity index (χ1n) is 9.11. The van der Waals surface area contributed by atoms with Gasteiger partial charge in [0.25, 0.3) is 0 Å². The maximum absolute atomic E-state index is 5.69. The molecule has 22 heavy (non-hydrogen) atoms. The lowest BCUT2D eigenvalue weighted by atomic mass is 9.77. The van der Waals surface area contributed by atoms with Crippen LogP contribution in [0, 0.1) is 5.92 Å². The monoisotopic (exact) mass is 300 g/mol. The van der Waals surface area contributed by atoms with E-state index in [2.05, 4.69) is 43.8 Å². The highest BCUT2D eigenvalue weighted by atomic mass is 16.5. The zero-order valence-corrected chi connectivity index (χ0v) is 14.2. The maximum Gasteiger partial charge on any atom is 0.0716 e. The first kappa shape index (κ1) is 17.3. The van der Waals surface area contributed by atoms with Gasteiger partial charge in [0.15, 0.2) is 0 Å². The Morgan fingerprint density at radius 1 is 1.14 bits per heavy atom. The second-order valence-corrected chi connectivity index (χ2v) is 6.73.